The summed E-state index contributed by atoms with van der Waals surface area (Å²) in [5.41, 5.74) is 4.84. The molecule has 4 rings (SSSR count). The number of hydrogen-bond acceptors (Lipinski definition) is 4. The Balaban J connectivity index is 1.55. The van der Waals surface area contributed by atoms with Crippen molar-refractivity contribution in [3.63, 3.8) is 0 Å². The van der Waals surface area contributed by atoms with Gasteiger partial charge in [-0.25, -0.2) is 4.98 Å². The second kappa shape index (κ2) is 7.36. The quantitative estimate of drug-likeness (QED) is 0.578. The van der Waals surface area contributed by atoms with Gasteiger partial charge in [0.05, 0.1) is 11.8 Å². The van der Waals surface area contributed by atoms with Crippen molar-refractivity contribution in [1.82, 2.24) is 15.2 Å². The third-order valence-corrected chi connectivity index (χ3v) is 5.39. The lowest BCUT2D eigenvalue weighted by Crippen LogP contribution is -2.21. The first-order valence-electron chi connectivity index (χ1n) is 9.62. The summed E-state index contributed by atoms with van der Waals surface area (Å²) in [6.07, 6.45) is 2.24. The van der Waals surface area contributed by atoms with Crippen molar-refractivity contribution in [2.45, 2.75) is 39.2 Å². The monoisotopic (exact) mass is 380 g/mol. The first-order chi connectivity index (χ1) is 13.4. The first kappa shape index (κ1) is 18.6. The fourth-order valence-electron chi connectivity index (χ4n) is 3.80. The second-order valence-corrected chi connectivity index (χ2v) is 8.24. The number of H-pyrrole nitrogens is 1. The number of aromatic nitrogens is 3. The summed E-state index contributed by atoms with van der Waals surface area (Å²) in [5, 5.41) is 21.0. The second-order valence-electron chi connectivity index (χ2n) is 8.24. The third-order valence-electron chi connectivity index (χ3n) is 5.39. The third kappa shape index (κ3) is 3.92. The van der Waals surface area contributed by atoms with Crippen LogP contribution in [0.2, 0.25) is 0 Å². The molecular formula is C22H25FN4O. The van der Waals surface area contributed by atoms with Gasteiger partial charge in [0.15, 0.2) is 0 Å². The van der Waals surface area contributed by atoms with Crippen LogP contribution in [0.25, 0.3) is 11.3 Å². The van der Waals surface area contributed by atoms with Gasteiger partial charge in [-0.05, 0) is 36.3 Å². The highest BCUT2D eigenvalue weighted by Crippen LogP contribution is 2.38. The summed E-state index contributed by atoms with van der Waals surface area (Å²) in [5.74, 6) is -0.181. The Labute approximate surface area is 164 Å². The molecule has 0 fully saturated rings. The zero-order valence-corrected chi connectivity index (χ0v) is 16.2. The van der Waals surface area contributed by atoms with Crippen LogP contribution in [0.5, 0.6) is 0 Å². The highest BCUT2D eigenvalue weighted by atomic mass is 19.1. The summed E-state index contributed by atoms with van der Waals surface area (Å²) in [6, 6.07) is 12.6. The normalized spacial score (nSPS) is 16.4. The number of hydrogen-bond donors (Lipinski definition) is 3. The lowest BCUT2D eigenvalue weighted by Gasteiger charge is -2.29. The number of anilines is 1. The molecule has 1 aromatic carbocycles. The molecular weight excluding hydrogens is 355 g/mol. The van der Waals surface area contributed by atoms with Crippen molar-refractivity contribution < 1.29 is 9.50 Å². The number of nitrogens with zero attached hydrogens (tertiary/aromatic N) is 2. The number of aliphatic hydroxyl groups is 1. The summed E-state index contributed by atoms with van der Waals surface area (Å²) in [7, 11) is 0. The SMILES string of the molecule is CC1(C)CCc2c(-c3cc(F)nc(NCC(O)c4ccccc4)c3)n[nH]c2C1. The van der Waals surface area contributed by atoms with E-state index in [0.717, 1.165) is 36.2 Å². The van der Waals surface area contributed by atoms with E-state index in [9.17, 15) is 9.50 Å². The van der Waals surface area contributed by atoms with E-state index in [1.807, 2.05) is 30.3 Å². The van der Waals surface area contributed by atoms with Crippen LogP contribution >= 0.6 is 0 Å². The summed E-state index contributed by atoms with van der Waals surface area (Å²) >= 11 is 0. The summed E-state index contributed by atoms with van der Waals surface area (Å²) < 4.78 is 14.2. The van der Waals surface area contributed by atoms with E-state index in [1.54, 1.807) is 6.07 Å². The number of fused-ring (bicyclic) bond motifs is 1. The van der Waals surface area contributed by atoms with Gasteiger partial charge < -0.3 is 10.4 Å². The Hall–Kier alpha value is -2.73. The Morgan fingerprint density at radius 1 is 1.25 bits per heavy atom. The molecule has 5 nitrogen and oxygen atoms in total. The Morgan fingerprint density at radius 3 is 2.82 bits per heavy atom. The minimum absolute atomic E-state index is 0.243. The average molecular weight is 380 g/mol. The van der Waals surface area contributed by atoms with Crippen LogP contribution in [-0.2, 0) is 12.8 Å². The maximum absolute atomic E-state index is 14.2. The van der Waals surface area contributed by atoms with Crippen LogP contribution in [-0.4, -0.2) is 26.8 Å². The van der Waals surface area contributed by atoms with Crippen LogP contribution in [0.4, 0.5) is 10.2 Å². The number of rotatable bonds is 5. The number of nitrogens with one attached hydrogen (secondary N) is 2. The van der Waals surface area contributed by atoms with Gasteiger partial charge >= 0.3 is 0 Å². The fourth-order valence-corrected chi connectivity index (χ4v) is 3.80. The molecule has 146 valence electrons. The first-order valence-corrected chi connectivity index (χ1v) is 9.62. The van der Waals surface area contributed by atoms with E-state index in [-0.39, 0.29) is 12.0 Å². The van der Waals surface area contributed by atoms with Crippen molar-refractivity contribution in [1.29, 1.82) is 0 Å². The zero-order chi connectivity index (χ0) is 19.7. The van der Waals surface area contributed by atoms with Gasteiger partial charge in [0, 0.05) is 29.4 Å². The zero-order valence-electron chi connectivity index (χ0n) is 16.2. The molecule has 1 aliphatic carbocycles. The molecule has 6 heteroatoms. The Bertz CT molecular complexity index is 968. The topological polar surface area (TPSA) is 73.8 Å². The predicted octanol–water partition coefficient (Wildman–Crippen LogP) is 4.27. The number of pyridine rings is 1. The molecule has 0 aliphatic heterocycles. The smallest absolute Gasteiger partial charge is 0.215 e. The van der Waals surface area contributed by atoms with Crippen molar-refractivity contribution in [3.05, 3.63) is 65.2 Å². The van der Waals surface area contributed by atoms with Gasteiger partial charge in [0.2, 0.25) is 5.95 Å². The lowest BCUT2D eigenvalue weighted by atomic mass is 9.76. The molecule has 1 atom stereocenters. The van der Waals surface area contributed by atoms with Crippen LogP contribution in [0.15, 0.2) is 42.5 Å². The van der Waals surface area contributed by atoms with E-state index < -0.39 is 12.1 Å². The van der Waals surface area contributed by atoms with Gasteiger partial charge in [-0.2, -0.15) is 9.49 Å². The van der Waals surface area contributed by atoms with Gasteiger partial charge in [-0.1, -0.05) is 44.2 Å². The van der Waals surface area contributed by atoms with Gasteiger partial charge in [0.25, 0.3) is 0 Å². The molecule has 3 aromatic rings. The molecule has 1 unspecified atom stereocenters. The number of aliphatic hydroxyl groups excluding tert-OH is 1. The van der Waals surface area contributed by atoms with Crippen LogP contribution in [0.3, 0.4) is 0 Å². The molecule has 0 amide bonds. The highest BCUT2D eigenvalue weighted by Gasteiger charge is 2.29. The van der Waals surface area contributed by atoms with Crippen LogP contribution in [0, 0.1) is 11.4 Å². The summed E-state index contributed by atoms with van der Waals surface area (Å²) in [6.45, 7) is 4.75. The van der Waals surface area contributed by atoms with Crippen molar-refractivity contribution in [2.75, 3.05) is 11.9 Å². The molecule has 2 heterocycles. The molecule has 3 N–H and O–H groups in total. The Kier molecular flexibility index (Phi) is 4.89. The summed E-state index contributed by atoms with van der Waals surface area (Å²) in [4.78, 5) is 3.92. The minimum Gasteiger partial charge on any atom is -0.387 e. The van der Waals surface area contributed by atoms with E-state index in [1.165, 1.54) is 11.6 Å². The van der Waals surface area contributed by atoms with Gasteiger partial charge in [-0.15, -0.1) is 0 Å². The van der Waals surface area contributed by atoms with E-state index in [2.05, 4.69) is 34.3 Å². The Morgan fingerprint density at radius 2 is 2.04 bits per heavy atom. The average Bonchev–Trinajstić information content (AvgIpc) is 3.08. The van der Waals surface area contributed by atoms with Crippen LogP contribution < -0.4 is 5.32 Å². The minimum atomic E-state index is -0.699. The van der Waals surface area contributed by atoms with E-state index >= 15 is 0 Å². The lowest BCUT2D eigenvalue weighted by molar-refractivity contribution is 0.191. The molecule has 0 bridgehead atoms. The molecule has 0 radical (unpaired) electrons. The molecule has 28 heavy (non-hydrogen) atoms. The van der Waals surface area contributed by atoms with Crippen molar-refractivity contribution >= 4 is 5.82 Å². The van der Waals surface area contributed by atoms with Gasteiger partial charge in [0.1, 0.15) is 5.82 Å². The predicted molar refractivity (Wildman–Crippen MR) is 107 cm³/mol. The van der Waals surface area contributed by atoms with Crippen molar-refractivity contribution in [2.24, 2.45) is 5.41 Å². The fraction of sp³-hybridized carbons (Fsp3) is 0.364. The molecule has 0 saturated carbocycles. The molecule has 0 saturated heterocycles. The number of halogens is 1. The molecule has 2 aromatic heterocycles. The molecule has 0 spiro atoms. The van der Waals surface area contributed by atoms with Crippen molar-refractivity contribution in [3.8, 4) is 11.3 Å². The van der Waals surface area contributed by atoms with E-state index in [4.69, 9.17) is 0 Å². The largest absolute Gasteiger partial charge is 0.387 e. The van der Waals surface area contributed by atoms with Crippen LogP contribution in [0.1, 0.15) is 43.2 Å². The maximum atomic E-state index is 14.2. The number of benzene rings is 1. The molecule has 1 aliphatic rings. The standard InChI is InChI=1S/C22H25FN4O/c1-22(2)9-8-16-17(12-22)26-27-21(16)15-10-19(23)25-20(11-15)24-13-18(28)14-6-4-3-5-7-14/h3-7,10-11,18,28H,8-9,12-13H2,1-2H3,(H,24,25)(H,26,27). The highest BCUT2D eigenvalue weighted by molar-refractivity contribution is 5.67. The van der Waals surface area contributed by atoms with E-state index in [0.29, 0.717) is 11.4 Å². The number of aromatic amines is 1. The van der Waals surface area contributed by atoms with Gasteiger partial charge in [-0.3, -0.25) is 5.10 Å². The maximum Gasteiger partial charge on any atom is 0.215 e.